The minimum atomic E-state index is -0.258. The molecule has 2 rings (SSSR count). The van der Waals surface area contributed by atoms with E-state index in [2.05, 4.69) is 15.9 Å². The molecule has 100 valence electrons. The van der Waals surface area contributed by atoms with Crippen LogP contribution in [0, 0.1) is 5.82 Å². The van der Waals surface area contributed by atoms with Gasteiger partial charge < -0.3 is 10.5 Å². The highest BCUT2D eigenvalue weighted by Gasteiger charge is 2.07. The Morgan fingerprint density at radius 2 is 2.00 bits per heavy atom. The van der Waals surface area contributed by atoms with E-state index in [1.807, 2.05) is 25.1 Å². The highest BCUT2D eigenvalue weighted by molar-refractivity contribution is 9.10. The van der Waals surface area contributed by atoms with Crippen LogP contribution in [0.1, 0.15) is 24.1 Å². The summed E-state index contributed by atoms with van der Waals surface area (Å²) in [6.45, 7) is 2.12. The maximum Gasteiger partial charge on any atom is 0.134 e. The first-order chi connectivity index (χ1) is 9.08. The Labute approximate surface area is 120 Å². The zero-order chi connectivity index (χ0) is 13.8. The molecule has 0 saturated carbocycles. The molecule has 2 nitrogen and oxygen atoms in total. The fraction of sp³-hybridized carbons (Fsp3) is 0.200. The summed E-state index contributed by atoms with van der Waals surface area (Å²) in [6, 6.07) is 12.2. The van der Waals surface area contributed by atoms with Crippen LogP contribution in [-0.4, -0.2) is 0 Å². The highest BCUT2D eigenvalue weighted by atomic mass is 79.9. The number of hydrogen-bond acceptors (Lipinski definition) is 2. The molecule has 0 aliphatic rings. The van der Waals surface area contributed by atoms with E-state index < -0.39 is 0 Å². The Balaban J connectivity index is 2.10. The molecule has 0 aromatic heterocycles. The van der Waals surface area contributed by atoms with Crippen molar-refractivity contribution in [1.82, 2.24) is 0 Å². The van der Waals surface area contributed by atoms with E-state index in [-0.39, 0.29) is 18.5 Å². The first-order valence-corrected chi connectivity index (χ1v) is 6.78. The number of rotatable bonds is 4. The number of benzene rings is 2. The third-order valence-corrected chi connectivity index (χ3v) is 3.44. The van der Waals surface area contributed by atoms with Crippen LogP contribution in [0.5, 0.6) is 5.75 Å². The monoisotopic (exact) mass is 323 g/mol. The zero-order valence-electron chi connectivity index (χ0n) is 10.6. The van der Waals surface area contributed by atoms with Gasteiger partial charge in [-0.15, -0.1) is 0 Å². The topological polar surface area (TPSA) is 35.2 Å². The molecule has 4 heteroatoms. The van der Waals surface area contributed by atoms with Gasteiger partial charge in [0.05, 0.1) is 4.47 Å². The summed E-state index contributed by atoms with van der Waals surface area (Å²) in [4.78, 5) is 0. The van der Waals surface area contributed by atoms with Crippen molar-refractivity contribution < 1.29 is 9.13 Å². The van der Waals surface area contributed by atoms with Crippen molar-refractivity contribution in [3.63, 3.8) is 0 Å². The molecule has 0 bridgehead atoms. The van der Waals surface area contributed by atoms with E-state index in [1.165, 1.54) is 6.07 Å². The summed E-state index contributed by atoms with van der Waals surface area (Å²) in [5.41, 5.74) is 7.36. The van der Waals surface area contributed by atoms with Crippen LogP contribution < -0.4 is 10.5 Å². The van der Waals surface area contributed by atoms with Crippen LogP contribution in [0.25, 0.3) is 0 Å². The van der Waals surface area contributed by atoms with Gasteiger partial charge in [-0.1, -0.05) is 24.3 Å². The van der Waals surface area contributed by atoms with Gasteiger partial charge in [-0.2, -0.15) is 0 Å². The number of hydrogen-bond donors (Lipinski definition) is 1. The molecule has 1 atom stereocenters. The van der Waals surface area contributed by atoms with Crippen molar-refractivity contribution in [3.05, 3.63) is 63.9 Å². The number of halogens is 2. The second-order valence-electron chi connectivity index (χ2n) is 4.36. The van der Waals surface area contributed by atoms with Gasteiger partial charge in [-0.25, -0.2) is 4.39 Å². The molecule has 0 unspecified atom stereocenters. The third-order valence-electron chi connectivity index (χ3n) is 2.82. The van der Waals surface area contributed by atoms with Crippen LogP contribution in [0.15, 0.2) is 46.9 Å². The van der Waals surface area contributed by atoms with E-state index in [0.717, 1.165) is 10.0 Å². The maximum atomic E-state index is 13.5. The Hall–Kier alpha value is -1.39. The molecule has 0 heterocycles. The Morgan fingerprint density at radius 3 is 2.63 bits per heavy atom. The maximum absolute atomic E-state index is 13.5. The summed E-state index contributed by atoms with van der Waals surface area (Å²) in [5, 5.41) is 0. The zero-order valence-corrected chi connectivity index (χ0v) is 12.2. The summed E-state index contributed by atoms with van der Waals surface area (Å²) in [7, 11) is 0. The fourth-order valence-electron chi connectivity index (χ4n) is 1.69. The van der Waals surface area contributed by atoms with E-state index in [0.29, 0.717) is 11.3 Å². The molecule has 0 amide bonds. The molecule has 19 heavy (non-hydrogen) atoms. The molecule has 0 fully saturated rings. The molecule has 0 radical (unpaired) electrons. The van der Waals surface area contributed by atoms with E-state index in [9.17, 15) is 4.39 Å². The molecule has 0 aliphatic heterocycles. The van der Waals surface area contributed by atoms with Crippen molar-refractivity contribution in [1.29, 1.82) is 0 Å². The highest BCUT2D eigenvalue weighted by Crippen LogP contribution is 2.28. The van der Waals surface area contributed by atoms with Gasteiger partial charge in [-0.3, -0.25) is 0 Å². The largest absolute Gasteiger partial charge is 0.488 e. The number of nitrogens with two attached hydrogens (primary N) is 1. The average molecular weight is 324 g/mol. The normalized spacial score (nSPS) is 12.2. The van der Waals surface area contributed by atoms with Crippen molar-refractivity contribution in [2.45, 2.75) is 19.6 Å². The van der Waals surface area contributed by atoms with E-state index in [4.69, 9.17) is 10.5 Å². The molecular formula is C15H15BrFNO. The smallest absolute Gasteiger partial charge is 0.134 e. The molecule has 0 saturated heterocycles. The molecule has 0 spiro atoms. The van der Waals surface area contributed by atoms with E-state index in [1.54, 1.807) is 18.2 Å². The minimum Gasteiger partial charge on any atom is -0.488 e. The molecule has 0 aliphatic carbocycles. The lowest BCUT2D eigenvalue weighted by Crippen LogP contribution is -2.05. The summed E-state index contributed by atoms with van der Waals surface area (Å²) < 4.78 is 19.9. The van der Waals surface area contributed by atoms with Gasteiger partial charge in [0.25, 0.3) is 0 Å². The van der Waals surface area contributed by atoms with Crippen LogP contribution in [0.4, 0.5) is 4.39 Å². The average Bonchev–Trinajstić information content (AvgIpc) is 2.39. The predicted octanol–water partition coefficient (Wildman–Crippen LogP) is 4.19. The summed E-state index contributed by atoms with van der Waals surface area (Å²) in [6.07, 6.45) is 0. The molecular weight excluding hydrogens is 309 g/mol. The van der Waals surface area contributed by atoms with Crippen LogP contribution >= 0.6 is 15.9 Å². The quantitative estimate of drug-likeness (QED) is 0.915. The van der Waals surface area contributed by atoms with Gasteiger partial charge >= 0.3 is 0 Å². The van der Waals surface area contributed by atoms with E-state index >= 15 is 0 Å². The van der Waals surface area contributed by atoms with Crippen molar-refractivity contribution in [2.24, 2.45) is 5.73 Å². The van der Waals surface area contributed by atoms with Gasteiger partial charge in [-0.05, 0) is 46.6 Å². The minimum absolute atomic E-state index is 0.0306. The lowest BCUT2D eigenvalue weighted by Gasteiger charge is -2.11. The fourth-order valence-corrected chi connectivity index (χ4v) is 2.20. The lowest BCUT2D eigenvalue weighted by molar-refractivity contribution is 0.298. The van der Waals surface area contributed by atoms with Crippen molar-refractivity contribution >= 4 is 15.9 Å². The Kier molecular flexibility index (Phi) is 4.56. The number of ether oxygens (including phenoxy) is 1. The lowest BCUT2D eigenvalue weighted by atomic mass is 10.1. The van der Waals surface area contributed by atoms with Gasteiger partial charge in [0.1, 0.15) is 18.2 Å². The van der Waals surface area contributed by atoms with Gasteiger partial charge in [0.2, 0.25) is 0 Å². The second kappa shape index (κ2) is 6.17. The summed E-state index contributed by atoms with van der Waals surface area (Å²) in [5.74, 6) is 0.415. The molecule has 2 aromatic rings. The van der Waals surface area contributed by atoms with Crippen LogP contribution in [-0.2, 0) is 6.61 Å². The van der Waals surface area contributed by atoms with Crippen molar-refractivity contribution in [2.75, 3.05) is 0 Å². The third kappa shape index (κ3) is 3.55. The summed E-state index contributed by atoms with van der Waals surface area (Å²) >= 11 is 3.43. The molecule has 2 N–H and O–H groups in total. The van der Waals surface area contributed by atoms with Gasteiger partial charge in [0, 0.05) is 11.6 Å². The Bertz CT molecular complexity index is 572. The van der Waals surface area contributed by atoms with Crippen molar-refractivity contribution in [3.8, 4) is 5.75 Å². The Morgan fingerprint density at radius 1 is 1.26 bits per heavy atom. The van der Waals surface area contributed by atoms with Crippen LogP contribution in [0.3, 0.4) is 0 Å². The standard InChI is InChI=1S/C15H15BrFNO/c1-10(18)11-6-7-15(13(16)8-11)19-9-12-4-2-3-5-14(12)17/h2-8,10H,9,18H2,1H3/t10-/m0/s1. The first kappa shape index (κ1) is 14.0. The van der Waals surface area contributed by atoms with Crippen LogP contribution in [0.2, 0.25) is 0 Å². The SMILES string of the molecule is C[C@H](N)c1ccc(OCc2ccccc2F)c(Br)c1. The predicted molar refractivity (Wildman–Crippen MR) is 77.5 cm³/mol. The second-order valence-corrected chi connectivity index (χ2v) is 5.21. The van der Waals surface area contributed by atoms with Gasteiger partial charge in [0.15, 0.2) is 0 Å². The first-order valence-electron chi connectivity index (χ1n) is 5.99. The molecule has 2 aromatic carbocycles.